The third kappa shape index (κ3) is 5.74. The van der Waals surface area contributed by atoms with Gasteiger partial charge in [0.15, 0.2) is 0 Å². The quantitative estimate of drug-likeness (QED) is 0.659. The van der Waals surface area contributed by atoms with E-state index in [0.29, 0.717) is 19.5 Å². The zero-order valence-corrected chi connectivity index (χ0v) is 19.5. The van der Waals surface area contributed by atoms with Crippen molar-refractivity contribution >= 4 is 11.8 Å². The standard InChI is InChI=1S/C27H35N3O3/c1-33-23-15-13-21(14-16-23)24(29-17-7-3-8-18-29)20-28-27(32)26(22-10-4-2-5-11-22)30-19-9-6-12-25(30)31/h2,4-5,10-11,13-16,24,26H,3,6-9,12,17-20H2,1H3,(H,28,32). The van der Waals surface area contributed by atoms with Gasteiger partial charge < -0.3 is 15.0 Å². The fourth-order valence-electron chi connectivity index (χ4n) is 5.02. The third-order valence-corrected chi connectivity index (χ3v) is 6.84. The minimum atomic E-state index is -0.586. The summed E-state index contributed by atoms with van der Waals surface area (Å²) in [5, 5.41) is 3.22. The lowest BCUT2D eigenvalue weighted by Gasteiger charge is -2.37. The summed E-state index contributed by atoms with van der Waals surface area (Å²) in [7, 11) is 1.67. The second-order valence-corrected chi connectivity index (χ2v) is 8.99. The van der Waals surface area contributed by atoms with E-state index in [4.69, 9.17) is 4.74 Å². The highest BCUT2D eigenvalue weighted by molar-refractivity contribution is 5.89. The number of likely N-dealkylation sites (tertiary alicyclic amines) is 2. The van der Waals surface area contributed by atoms with Crippen molar-refractivity contribution in [3.05, 3.63) is 65.7 Å². The molecule has 2 unspecified atom stereocenters. The summed E-state index contributed by atoms with van der Waals surface area (Å²) >= 11 is 0. The number of carbonyl (C=O) groups excluding carboxylic acids is 2. The van der Waals surface area contributed by atoms with Gasteiger partial charge in [-0.25, -0.2) is 0 Å². The number of methoxy groups -OCH3 is 1. The molecule has 2 heterocycles. The molecule has 0 bridgehead atoms. The van der Waals surface area contributed by atoms with Crippen molar-refractivity contribution in [2.24, 2.45) is 0 Å². The molecule has 0 radical (unpaired) electrons. The predicted molar refractivity (Wildman–Crippen MR) is 129 cm³/mol. The summed E-state index contributed by atoms with van der Waals surface area (Å²) in [6, 6.07) is 17.3. The van der Waals surface area contributed by atoms with E-state index in [1.54, 1.807) is 12.0 Å². The maximum Gasteiger partial charge on any atom is 0.247 e. The van der Waals surface area contributed by atoms with E-state index in [0.717, 1.165) is 37.2 Å². The van der Waals surface area contributed by atoms with E-state index in [1.165, 1.54) is 24.8 Å². The van der Waals surface area contributed by atoms with Crippen LogP contribution >= 0.6 is 0 Å². The minimum absolute atomic E-state index is 0.0630. The van der Waals surface area contributed by atoms with Gasteiger partial charge in [-0.3, -0.25) is 14.5 Å². The molecule has 2 amide bonds. The molecule has 0 aromatic heterocycles. The number of hydrogen-bond acceptors (Lipinski definition) is 4. The number of rotatable bonds is 8. The summed E-state index contributed by atoms with van der Waals surface area (Å²) < 4.78 is 5.33. The van der Waals surface area contributed by atoms with E-state index in [-0.39, 0.29) is 17.9 Å². The first-order valence-electron chi connectivity index (χ1n) is 12.2. The smallest absolute Gasteiger partial charge is 0.247 e. The second-order valence-electron chi connectivity index (χ2n) is 8.99. The van der Waals surface area contributed by atoms with Crippen LogP contribution in [0.5, 0.6) is 5.75 Å². The SMILES string of the molecule is COc1ccc(C(CNC(=O)C(c2ccccc2)N2CCCCC2=O)N2CCCCC2)cc1. The van der Waals surface area contributed by atoms with Crippen LogP contribution in [0, 0.1) is 0 Å². The van der Waals surface area contributed by atoms with Gasteiger partial charge in [-0.15, -0.1) is 0 Å². The number of amides is 2. The van der Waals surface area contributed by atoms with Crippen LogP contribution in [0.25, 0.3) is 0 Å². The Morgan fingerprint density at radius 1 is 0.909 bits per heavy atom. The zero-order valence-electron chi connectivity index (χ0n) is 19.5. The molecular weight excluding hydrogens is 414 g/mol. The van der Waals surface area contributed by atoms with E-state index in [1.807, 2.05) is 42.5 Å². The first-order chi connectivity index (χ1) is 16.2. The van der Waals surface area contributed by atoms with Crippen molar-refractivity contribution in [3.8, 4) is 5.75 Å². The van der Waals surface area contributed by atoms with Crippen molar-refractivity contribution in [2.45, 2.75) is 50.6 Å². The fourth-order valence-corrected chi connectivity index (χ4v) is 5.02. The van der Waals surface area contributed by atoms with E-state index in [2.05, 4.69) is 22.3 Å². The highest BCUT2D eigenvalue weighted by Gasteiger charge is 2.33. The van der Waals surface area contributed by atoms with Crippen LogP contribution in [0.2, 0.25) is 0 Å². The van der Waals surface area contributed by atoms with Crippen LogP contribution in [0.3, 0.4) is 0 Å². The number of nitrogens with one attached hydrogen (secondary N) is 1. The molecule has 0 aliphatic carbocycles. The summed E-state index contributed by atoms with van der Waals surface area (Å²) in [6.07, 6.45) is 5.95. The van der Waals surface area contributed by atoms with Crippen molar-refractivity contribution in [3.63, 3.8) is 0 Å². The van der Waals surface area contributed by atoms with Gasteiger partial charge in [0.05, 0.1) is 13.2 Å². The summed E-state index contributed by atoms with van der Waals surface area (Å²) in [4.78, 5) is 30.5. The van der Waals surface area contributed by atoms with Gasteiger partial charge in [-0.05, 0) is 62.0 Å². The maximum absolute atomic E-state index is 13.6. The largest absolute Gasteiger partial charge is 0.497 e. The number of nitrogens with zero attached hydrogens (tertiary/aromatic N) is 2. The Bertz CT molecular complexity index is 910. The van der Waals surface area contributed by atoms with Crippen molar-refractivity contribution in [2.75, 3.05) is 33.3 Å². The molecule has 1 N–H and O–H groups in total. The Labute approximate surface area is 196 Å². The molecule has 2 atom stereocenters. The number of benzene rings is 2. The molecular formula is C27H35N3O3. The van der Waals surface area contributed by atoms with E-state index >= 15 is 0 Å². The van der Waals surface area contributed by atoms with Crippen molar-refractivity contribution in [1.29, 1.82) is 0 Å². The fraction of sp³-hybridized carbons (Fsp3) is 0.481. The first-order valence-corrected chi connectivity index (χ1v) is 12.2. The molecule has 2 aliphatic heterocycles. The molecule has 6 nitrogen and oxygen atoms in total. The van der Waals surface area contributed by atoms with Gasteiger partial charge in [0.2, 0.25) is 11.8 Å². The molecule has 33 heavy (non-hydrogen) atoms. The molecule has 0 spiro atoms. The summed E-state index contributed by atoms with van der Waals surface area (Å²) in [5.74, 6) is 0.785. The van der Waals surface area contributed by atoms with E-state index < -0.39 is 6.04 Å². The van der Waals surface area contributed by atoms with Gasteiger partial charge >= 0.3 is 0 Å². The number of ether oxygens (including phenoxy) is 1. The van der Waals surface area contributed by atoms with Gasteiger partial charge in [0.1, 0.15) is 11.8 Å². The molecule has 6 heteroatoms. The Hall–Kier alpha value is -2.86. The summed E-state index contributed by atoms with van der Waals surface area (Å²) in [5.41, 5.74) is 2.03. The van der Waals surface area contributed by atoms with Crippen molar-refractivity contribution < 1.29 is 14.3 Å². The highest BCUT2D eigenvalue weighted by Crippen LogP contribution is 2.28. The first kappa shape index (κ1) is 23.3. The summed E-state index contributed by atoms with van der Waals surface area (Å²) in [6.45, 7) is 3.19. The van der Waals surface area contributed by atoms with Gasteiger partial charge in [0, 0.05) is 19.5 Å². The predicted octanol–water partition coefficient (Wildman–Crippen LogP) is 4.09. The Morgan fingerprint density at radius 3 is 2.27 bits per heavy atom. The van der Waals surface area contributed by atoms with Crippen LogP contribution in [-0.2, 0) is 9.59 Å². The molecule has 2 saturated heterocycles. The van der Waals surface area contributed by atoms with Crippen LogP contribution in [0.4, 0.5) is 0 Å². The van der Waals surface area contributed by atoms with Gasteiger partial charge in [0.25, 0.3) is 0 Å². The molecule has 0 saturated carbocycles. The normalized spacial score (nSPS) is 19.1. The average Bonchev–Trinajstić information content (AvgIpc) is 2.87. The lowest BCUT2D eigenvalue weighted by atomic mass is 9.99. The number of carbonyl (C=O) groups is 2. The van der Waals surface area contributed by atoms with Crippen LogP contribution in [0.1, 0.15) is 61.7 Å². The molecule has 2 aliphatic rings. The van der Waals surface area contributed by atoms with Crippen molar-refractivity contribution in [1.82, 2.24) is 15.1 Å². The average molecular weight is 450 g/mol. The maximum atomic E-state index is 13.6. The molecule has 4 rings (SSSR count). The van der Waals surface area contributed by atoms with Crippen LogP contribution in [-0.4, -0.2) is 54.9 Å². The lowest BCUT2D eigenvalue weighted by molar-refractivity contribution is -0.142. The van der Waals surface area contributed by atoms with Crippen LogP contribution < -0.4 is 10.1 Å². The number of hydrogen-bond donors (Lipinski definition) is 1. The Kier molecular flexibility index (Phi) is 8.00. The monoisotopic (exact) mass is 449 g/mol. The van der Waals surface area contributed by atoms with Gasteiger partial charge in [-0.1, -0.05) is 48.9 Å². The Morgan fingerprint density at radius 2 is 1.61 bits per heavy atom. The zero-order chi connectivity index (χ0) is 23.0. The highest BCUT2D eigenvalue weighted by atomic mass is 16.5. The molecule has 2 fully saturated rings. The lowest BCUT2D eigenvalue weighted by Crippen LogP contribution is -2.48. The topological polar surface area (TPSA) is 61.9 Å². The molecule has 2 aromatic carbocycles. The van der Waals surface area contributed by atoms with E-state index in [9.17, 15) is 9.59 Å². The minimum Gasteiger partial charge on any atom is -0.497 e. The molecule has 176 valence electrons. The third-order valence-electron chi connectivity index (χ3n) is 6.84. The Balaban J connectivity index is 1.54. The second kappa shape index (κ2) is 11.3. The van der Waals surface area contributed by atoms with Crippen LogP contribution in [0.15, 0.2) is 54.6 Å². The number of piperidine rings is 2. The molecule has 2 aromatic rings. The van der Waals surface area contributed by atoms with Gasteiger partial charge in [-0.2, -0.15) is 0 Å².